The van der Waals surface area contributed by atoms with Gasteiger partial charge in [0.15, 0.2) is 0 Å². The van der Waals surface area contributed by atoms with Gasteiger partial charge < -0.3 is 10.1 Å². The zero-order valence-electron chi connectivity index (χ0n) is 10.1. The molecule has 1 aromatic carbocycles. The lowest BCUT2D eigenvalue weighted by atomic mass is 9.91. The second-order valence-electron chi connectivity index (χ2n) is 4.99. The third kappa shape index (κ3) is 1.43. The van der Waals surface area contributed by atoms with Crippen molar-refractivity contribution in [1.82, 2.24) is 5.32 Å². The number of hydrogen-bond donors (Lipinski definition) is 1. The van der Waals surface area contributed by atoms with Gasteiger partial charge in [0.25, 0.3) is 0 Å². The Kier molecular flexibility index (Phi) is 2.54. The number of hydrogen-bond acceptors (Lipinski definition) is 2. The number of carbonyl (C=O) groups is 2. The van der Waals surface area contributed by atoms with Gasteiger partial charge in [-0.15, -0.1) is 6.58 Å². The Morgan fingerprint density at radius 3 is 3.00 bits per heavy atom. The molecule has 3 nitrogen and oxygen atoms in total. The number of rotatable bonds is 3. The lowest BCUT2D eigenvalue weighted by molar-refractivity contribution is -0.127. The van der Waals surface area contributed by atoms with Crippen molar-refractivity contribution in [2.24, 2.45) is 11.8 Å². The second-order valence-corrected chi connectivity index (χ2v) is 4.99. The van der Waals surface area contributed by atoms with Crippen LogP contribution in [0, 0.1) is 11.8 Å². The lowest BCUT2D eigenvalue weighted by Crippen LogP contribution is -2.23. The average molecular weight is 241 g/mol. The van der Waals surface area contributed by atoms with Crippen LogP contribution < -0.4 is 5.32 Å². The maximum Gasteiger partial charge on any atom is 0.231 e. The first-order valence-corrected chi connectivity index (χ1v) is 6.23. The van der Waals surface area contributed by atoms with Crippen LogP contribution in [0.4, 0.5) is 0 Å². The zero-order chi connectivity index (χ0) is 12.7. The molecule has 1 heterocycles. The van der Waals surface area contributed by atoms with Gasteiger partial charge in [0, 0.05) is 5.92 Å². The number of aldehydes is 1. The van der Waals surface area contributed by atoms with Gasteiger partial charge in [0.05, 0.1) is 12.0 Å². The number of allylic oxidation sites excluding steroid dienone is 1. The lowest BCUT2D eigenvalue weighted by Gasteiger charge is -2.10. The molecule has 3 rings (SSSR count). The first-order valence-electron chi connectivity index (χ1n) is 6.23. The van der Waals surface area contributed by atoms with Crippen LogP contribution in [0.3, 0.4) is 0 Å². The molecule has 0 saturated carbocycles. The summed E-state index contributed by atoms with van der Waals surface area (Å²) in [4.78, 5) is 22.7. The number of fused-ring (bicyclic) bond motifs is 3. The third-order valence-corrected chi connectivity index (χ3v) is 4.08. The van der Waals surface area contributed by atoms with E-state index >= 15 is 0 Å². The van der Waals surface area contributed by atoms with E-state index in [0.717, 1.165) is 19.1 Å². The summed E-state index contributed by atoms with van der Waals surface area (Å²) in [5.74, 6) is -0.519. The Balaban J connectivity index is 2.03. The van der Waals surface area contributed by atoms with Crippen LogP contribution in [0.1, 0.15) is 22.7 Å². The number of carbonyl (C=O) groups excluding carboxylic acids is 2. The maximum absolute atomic E-state index is 11.7. The van der Waals surface area contributed by atoms with Gasteiger partial charge in [0.2, 0.25) is 5.91 Å². The van der Waals surface area contributed by atoms with Crippen LogP contribution in [0.15, 0.2) is 30.9 Å². The Bertz CT molecular complexity index is 535. The van der Waals surface area contributed by atoms with Gasteiger partial charge in [-0.1, -0.05) is 24.3 Å². The van der Waals surface area contributed by atoms with E-state index in [2.05, 4.69) is 24.0 Å². The van der Waals surface area contributed by atoms with Crippen LogP contribution in [0.5, 0.6) is 0 Å². The van der Waals surface area contributed by atoms with Gasteiger partial charge in [-0.25, -0.2) is 0 Å². The fourth-order valence-electron chi connectivity index (χ4n) is 3.25. The minimum absolute atomic E-state index is 0.0208. The second kappa shape index (κ2) is 4.09. The summed E-state index contributed by atoms with van der Waals surface area (Å²) in [5.41, 5.74) is 3.73. The Morgan fingerprint density at radius 1 is 1.44 bits per heavy atom. The van der Waals surface area contributed by atoms with Crippen molar-refractivity contribution in [3.8, 4) is 0 Å². The summed E-state index contributed by atoms with van der Waals surface area (Å²) >= 11 is 0. The van der Waals surface area contributed by atoms with Crippen molar-refractivity contribution in [1.29, 1.82) is 0 Å². The first kappa shape index (κ1) is 11.2. The van der Waals surface area contributed by atoms with Gasteiger partial charge in [-0.3, -0.25) is 4.79 Å². The molecule has 1 aliphatic heterocycles. The molecule has 2 aliphatic rings. The van der Waals surface area contributed by atoms with Gasteiger partial charge in [-0.2, -0.15) is 0 Å². The fourth-order valence-corrected chi connectivity index (χ4v) is 3.25. The monoisotopic (exact) mass is 241 g/mol. The van der Waals surface area contributed by atoms with Gasteiger partial charge in [-0.05, 0) is 29.5 Å². The molecule has 1 saturated heterocycles. The maximum atomic E-state index is 11.7. The van der Waals surface area contributed by atoms with E-state index < -0.39 is 5.92 Å². The van der Waals surface area contributed by atoms with Crippen molar-refractivity contribution < 1.29 is 9.59 Å². The molecule has 0 aromatic heterocycles. The summed E-state index contributed by atoms with van der Waals surface area (Å²) in [7, 11) is 0. The summed E-state index contributed by atoms with van der Waals surface area (Å²) in [6, 6.07) is 6.19. The standard InChI is InChI=1S/C15H15NO2/c1-2-4-9-5-3-6-10-11(9)7-12-13(8-17)15(18)16-14(10)12/h2-3,5-6,8,12-14H,1,4,7H2,(H,16,18). The molecule has 1 aliphatic carbocycles. The van der Waals surface area contributed by atoms with Crippen LogP contribution in [-0.4, -0.2) is 12.2 Å². The van der Waals surface area contributed by atoms with Crippen molar-refractivity contribution >= 4 is 12.2 Å². The molecular weight excluding hydrogens is 226 g/mol. The van der Waals surface area contributed by atoms with Crippen LogP contribution in [0.25, 0.3) is 0 Å². The van der Waals surface area contributed by atoms with E-state index in [0.29, 0.717) is 0 Å². The molecule has 1 fully saturated rings. The van der Waals surface area contributed by atoms with E-state index in [1.807, 2.05) is 12.1 Å². The van der Waals surface area contributed by atoms with Crippen molar-refractivity contribution in [3.63, 3.8) is 0 Å². The van der Waals surface area contributed by atoms with Crippen molar-refractivity contribution in [2.75, 3.05) is 0 Å². The van der Waals surface area contributed by atoms with Crippen molar-refractivity contribution in [2.45, 2.75) is 18.9 Å². The predicted octanol–water partition coefficient (Wildman–Crippen LogP) is 1.57. The van der Waals surface area contributed by atoms with E-state index in [-0.39, 0.29) is 17.9 Å². The molecule has 92 valence electrons. The van der Waals surface area contributed by atoms with E-state index in [4.69, 9.17) is 0 Å². The summed E-state index contributed by atoms with van der Waals surface area (Å²) in [5, 5.41) is 2.95. The highest BCUT2D eigenvalue weighted by atomic mass is 16.2. The Morgan fingerprint density at radius 2 is 2.28 bits per heavy atom. The normalized spacial score (nSPS) is 28.4. The molecular formula is C15H15NO2. The van der Waals surface area contributed by atoms with Crippen LogP contribution in [-0.2, 0) is 22.4 Å². The minimum Gasteiger partial charge on any atom is -0.348 e. The van der Waals surface area contributed by atoms with Gasteiger partial charge in [0.1, 0.15) is 6.29 Å². The Hall–Kier alpha value is -1.90. The highest BCUT2D eigenvalue weighted by Crippen LogP contribution is 2.44. The van der Waals surface area contributed by atoms with Crippen LogP contribution >= 0.6 is 0 Å². The van der Waals surface area contributed by atoms with E-state index in [1.54, 1.807) is 0 Å². The molecule has 1 amide bonds. The first-order chi connectivity index (χ1) is 8.76. The quantitative estimate of drug-likeness (QED) is 0.496. The topological polar surface area (TPSA) is 46.2 Å². The smallest absolute Gasteiger partial charge is 0.231 e. The number of nitrogens with one attached hydrogen (secondary N) is 1. The summed E-state index contributed by atoms with van der Waals surface area (Å²) in [6.07, 6.45) is 4.33. The molecule has 3 heteroatoms. The largest absolute Gasteiger partial charge is 0.348 e. The van der Waals surface area contributed by atoms with Crippen LogP contribution in [0.2, 0.25) is 0 Å². The zero-order valence-corrected chi connectivity index (χ0v) is 10.1. The van der Waals surface area contributed by atoms with Gasteiger partial charge >= 0.3 is 0 Å². The highest BCUT2D eigenvalue weighted by molar-refractivity contribution is 5.95. The number of benzene rings is 1. The molecule has 0 radical (unpaired) electrons. The average Bonchev–Trinajstić information content (AvgIpc) is 2.85. The number of amides is 1. The fraction of sp³-hybridized carbons (Fsp3) is 0.333. The minimum atomic E-state index is -0.487. The molecule has 1 N–H and O–H groups in total. The molecule has 0 spiro atoms. The van der Waals surface area contributed by atoms with E-state index in [9.17, 15) is 9.59 Å². The molecule has 0 bridgehead atoms. The van der Waals surface area contributed by atoms with Crippen molar-refractivity contribution in [3.05, 3.63) is 47.5 Å². The molecule has 3 unspecified atom stereocenters. The SMILES string of the molecule is C=CCc1cccc2c1CC1C(C=O)C(=O)NC21. The summed E-state index contributed by atoms with van der Waals surface area (Å²) in [6.45, 7) is 3.77. The third-order valence-electron chi connectivity index (χ3n) is 4.08. The molecule has 1 aromatic rings. The highest BCUT2D eigenvalue weighted by Gasteiger charge is 2.47. The predicted molar refractivity (Wildman–Crippen MR) is 68.0 cm³/mol. The Labute approximate surface area is 106 Å². The van der Waals surface area contributed by atoms with E-state index in [1.165, 1.54) is 16.7 Å². The molecule has 3 atom stereocenters. The molecule has 18 heavy (non-hydrogen) atoms. The summed E-state index contributed by atoms with van der Waals surface area (Å²) < 4.78 is 0.